The second kappa shape index (κ2) is 7.65. The molecule has 6 nitrogen and oxygen atoms in total. The van der Waals surface area contributed by atoms with Crippen molar-refractivity contribution in [1.82, 2.24) is 9.47 Å². The monoisotopic (exact) mass is 362 g/mol. The van der Waals surface area contributed by atoms with Gasteiger partial charge in [0.05, 0.1) is 5.75 Å². The highest BCUT2D eigenvalue weighted by atomic mass is 32.2. The molecule has 7 heteroatoms. The van der Waals surface area contributed by atoms with E-state index in [1.165, 1.54) is 28.7 Å². The number of hydrogen-bond acceptors (Lipinski definition) is 4. The largest absolute Gasteiger partial charge is 0.340 e. The van der Waals surface area contributed by atoms with Gasteiger partial charge in [-0.25, -0.2) is 8.42 Å². The topological polar surface area (TPSA) is 76.5 Å². The molecule has 0 N–H and O–H groups in total. The lowest BCUT2D eigenvalue weighted by Gasteiger charge is -2.21. The summed E-state index contributed by atoms with van der Waals surface area (Å²) in [5.74, 6) is -0.803. The zero-order valence-electron chi connectivity index (χ0n) is 14.5. The molecule has 0 unspecified atom stereocenters. The van der Waals surface area contributed by atoms with Crippen molar-refractivity contribution in [2.75, 3.05) is 7.05 Å². The third-order valence-corrected chi connectivity index (χ3v) is 6.08. The highest BCUT2D eigenvalue weighted by Gasteiger charge is 2.30. The highest BCUT2D eigenvalue weighted by Crippen LogP contribution is 2.13. The maximum Gasteiger partial charge on any atom is 0.250 e. The first-order valence-electron chi connectivity index (χ1n) is 7.87. The summed E-state index contributed by atoms with van der Waals surface area (Å²) in [6.07, 6.45) is 1.52. The molecular formula is C18H22N2O4S. The second-order valence-corrected chi connectivity index (χ2v) is 8.43. The molecule has 0 fully saturated rings. The molecule has 25 heavy (non-hydrogen) atoms. The molecule has 1 aromatic heterocycles. The van der Waals surface area contributed by atoms with E-state index >= 15 is 0 Å². The molecule has 0 radical (unpaired) electrons. The van der Waals surface area contributed by atoms with Crippen LogP contribution < -0.4 is 5.56 Å². The molecule has 0 bridgehead atoms. The Morgan fingerprint density at radius 3 is 2.40 bits per heavy atom. The standard InChI is InChI=1S/C18H22N2O4S/c1-14(18(22)20(3)12-15-7-5-4-6-8-15)25(23,24)13-16-9-10-19(2)17(21)11-16/h4-11,14H,12-13H2,1-3H3/t14-/m0/s1. The number of hydrogen-bond donors (Lipinski definition) is 0. The Morgan fingerprint density at radius 1 is 1.16 bits per heavy atom. The number of rotatable bonds is 6. The SMILES string of the molecule is C[C@@H](C(=O)N(C)Cc1ccccc1)S(=O)(=O)Cc1ccn(C)c(=O)c1. The van der Waals surface area contributed by atoms with Crippen LogP contribution in [-0.2, 0) is 34.0 Å². The van der Waals surface area contributed by atoms with Crippen molar-refractivity contribution in [3.8, 4) is 0 Å². The minimum Gasteiger partial charge on any atom is -0.340 e. The average molecular weight is 362 g/mol. The Labute approximate surface area is 147 Å². The summed E-state index contributed by atoms with van der Waals surface area (Å²) in [6, 6.07) is 12.2. The lowest BCUT2D eigenvalue weighted by molar-refractivity contribution is -0.129. The highest BCUT2D eigenvalue weighted by molar-refractivity contribution is 7.92. The Bertz CT molecular complexity index is 904. The fraction of sp³-hybridized carbons (Fsp3) is 0.333. The van der Waals surface area contributed by atoms with Crippen LogP contribution in [0.2, 0.25) is 0 Å². The van der Waals surface area contributed by atoms with Crippen LogP contribution in [0.4, 0.5) is 0 Å². The van der Waals surface area contributed by atoms with Gasteiger partial charge in [-0.2, -0.15) is 0 Å². The Balaban J connectivity index is 2.10. The van der Waals surface area contributed by atoms with Crippen LogP contribution in [0.25, 0.3) is 0 Å². The van der Waals surface area contributed by atoms with Crippen LogP contribution in [-0.4, -0.2) is 36.1 Å². The number of sulfone groups is 1. The molecule has 2 aromatic rings. The summed E-state index contributed by atoms with van der Waals surface area (Å²) >= 11 is 0. The van der Waals surface area contributed by atoms with Gasteiger partial charge in [0.2, 0.25) is 5.91 Å². The Hall–Kier alpha value is -2.41. The zero-order chi connectivity index (χ0) is 18.6. The van der Waals surface area contributed by atoms with Crippen LogP contribution >= 0.6 is 0 Å². The van der Waals surface area contributed by atoms with Crippen molar-refractivity contribution in [2.24, 2.45) is 7.05 Å². The Morgan fingerprint density at radius 2 is 1.80 bits per heavy atom. The quantitative estimate of drug-likeness (QED) is 0.777. The number of carbonyl (C=O) groups is 1. The summed E-state index contributed by atoms with van der Waals surface area (Å²) in [6.45, 7) is 1.73. The van der Waals surface area contributed by atoms with Crippen LogP contribution in [0.3, 0.4) is 0 Å². The molecular weight excluding hydrogens is 340 g/mol. The van der Waals surface area contributed by atoms with Crippen molar-refractivity contribution in [2.45, 2.75) is 24.5 Å². The molecule has 134 valence electrons. The number of nitrogens with zero attached hydrogens (tertiary/aromatic N) is 2. The smallest absolute Gasteiger partial charge is 0.250 e. The second-order valence-electron chi connectivity index (χ2n) is 6.11. The zero-order valence-corrected chi connectivity index (χ0v) is 15.4. The molecule has 1 atom stereocenters. The molecule has 2 rings (SSSR count). The predicted molar refractivity (Wildman–Crippen MR) is 96.7 cm³/mol. The summed E-state index contributed by atoms with van der Waals surface area (Å²) in [5, 5.41) is -1.18. The van der Waals surface area contributed by atoms with Gasteiger partial charge in [0.1, 0.15) is 5.25 Å². The van der Waals surface area contributed by atoms with Crippen molar-refractivity contribution >= 4 is 15.7 Å². The van der Waals surface area contributed by atoms with Gasteiger partial charge in [0.15, 0.2) is 9.84 Å². The number of pyridine rings is 1. The van der Waals surface area contributed by atoms with E-state index in [1.807, 2.05) is 30.3 Å². The van der Waals surface area contributed by atoms with E-state index in [0.29, 0.717) is 12.1 Å². The van der Waals surface area contributed by atoms with Gasteiger partial charge in [0, 0.05) is 32.9 Å². The van der Waals surface area contributed by atoms with E-state index in [2.05, 4.69) is 0 Å². The van der Waals surface area contributed by atoms with E-state index in [4.69, 9.17) is 0 Å². The lowest BCUT2D eigenvalue weighted by Crippen LogP contribution is -2.39. The minimum absolute atomic E-state index is 0.284. The molecule has 0 saturated heterocycles. The van der Waals surface area contributed by atoms with Gasteiger partial charge in [-0.15, -0.1) is 0 Å². The number of benzene rings is 1. The van der Waals surface area contributed by atoms with Crippen molar-refractivity contribution < 1.29 is 13.2 Å². The summed E-state index contributed by atoms with van der Waals surface area (Å²) in [4.78, 5) is 25.5. The summed E-state index contributed by atoms with van der Waals surface area (Å²) in [7, 11) is -0.547. The van der Waals surface area contributed by atoms with Gasteiger partial charge in [-0.3, -0.25) is 9.59 Å². The molecule has 0 aliphatic carbocycles. The number of aryl methyl sites for hydroxylation is 1. The first-order chi connectivity index (χ1) is 11.7. The molecule has 1 heterocycles. The van der Waals surface area contributed by atoms with Crippen LogP contribution in [0.5, 0.6) is 0 Å². The normalized spacial score (nSPS) is 12.6. The van der Waals surface area contributed by atoms with Crippen molar-refractivity contribution in [3.63, 3.8) is 0 Å². The maximum atomic E-state index is 12.5. The first-order valence-corrected chi connectivity index (χ1v) is 9.58. The average Bonchev–Trinajstić information content (AvgIpc) is 2.57. The molecule has 0 saturated carbocycles. The number of aromatic nitrogens is 1. The first kappa shape index (κ1) is 18.9. The molecule has 0 aliphatic rings. The molecule has 1 amide bonds. The van der Waals surface area contributed by atoms with E-state index in [0.717, 1.165) is 5.56 Å². The fourth-order valence-corrected chi connectivity index (χ4v) is 3.82. The van der Waals surface area contributed by atoms with Gasteiger partial charge in [0.25, 0.3) is 5.56 Å². The van der Waals surface area contributed by atoms with E-state index in [9.17, 15) is 18.0 Å². The van der Waals surface area contributed by atoms with Gasteiger partial charge in [-0.1, -0.05) is 30.3 Å². The maximum absolute atomic E-state index is 12.5. The van der Waals surface area contributed by atoms with E-state index in [1.54, 1.807) is 20.2 Å². The number of carbonyl (C=O) groups excluding carboxylic acids is 1. The van der Waals surface area contributed by atoms with Crippen molar-refractivity contribution in [1.29, 1.82) is 0 Å². The summed E-state index contributed by atoms with van der Waals surface area (Å²) < 4.78 is 26.4. The molecule has 0 spiro atoms. The fourth-order valence-electron chi connectivity index (χ4n) is 2.44. The molecule has 0 aliphatic heterocycles. The lowest BCUT2D eigenvalue weighted by atomic mass is 10.2. The van der Waals surface area contributed by atoms with Crippen LogP contribution in [0.1, 0.15) is 18.1 Å². The van der Waals surface area contributed by atoms with E-state index in [-0.39, 0.29) is 11.3 Å². The predicted octanol–water partition coefficient (Wildman–Crippen LogP) is 1.35. The third-order valence-electron chi connectivity index (χ3n) is 4.06. The van der Waals surface area contributed by atoms with Crippen molar-refractivity contribution in [3.05, 3.63) is 70.1 Å². The van der Waals surface area contributed by atoms with E-state index < -0.39 is 21.0 Å². The molecule has 1 aromatic carbocycles. The summed E-state index contributed by atoms with van der Waals surface area (Å²) in [5.41, 5.74) is 1.02. The Kier molecular flexibility index (Phi) is 5.79. The van der Waals surface area contributed by atoms with Crippen LogP contribution in [0, 0.1) is 0 Å². The van der Waals surface area contributed by atoms with Crippen LogP contribution in [0.15, 0.2) is 53.5 Å². The van der Waals surface area contributed by atoms with Gasteiger partial charge < -0.3 is 9.47 Å². The van der Waals surface area contributed by atoms with Gasteiger partial charge in [-0.05, 0) is 24.1 Å². The third kappa shape index (κ3) is 4.79. The minimum atomic E-state index is -3.72. The number of amides is 1. The van der Waals surface area contributed by atoms with Gasteiger partial charge >= 0.3 is 0 Å².